The molecule has 6 atom stereocenters. The highest BCUT2D eigenvalue weighted by Gasteiger charge is 2.24. The molecule has 0 N–H and O–H groups in total. The molecule has 6 unspecified atom stereocenters. The van der Waals surface area contributed by atoms with Crippen molar-refractivity contribution in [3.8, 4) is 0 Å². The van der Waals surface area contributed by atoms with Crippen molar-refractivity contribution >= 4 is 0 Å². The second kappa shape index (κ2) is 7.56. The van der Waals surface area contributed by atoms with Gasteiger partial charge in [0.05, 0.1) is 0 Å². The highest BCUT2D eigenvalue weighted by atomic mass is 14.3. The molecule has 0 spiro atoms. The summed E-state index contributed by atoms with van der Waals surface area (Å²) in [6.45, 7) is 14.9. The third kappa shape index (κ3) is 4.59. The van der Waals surface area contributed by atoms with Crippen LogP contribution in [0.25, 0.3) is 0 Å². The Labute approximate surface area is 116 Å². The Morgan fingerprint density at radius 2 is 0.722 bits per heavy atom. The summed E-state index contributed by atoms with van der Waals surface area (Å²) >= 11 is 0. The standard InChI is InChI=1S/C18H36/c1-13-9-7-11-15(3)17(5)18(6)16(4)12-8-10-14(13)2/h13-18H,7-12H2,1-6H3. The highest BCUT2D eigenvalue weighted by molar-refractivity contribution is 4.75. The van der Waals surface area contributed by atoms with Crippen LogP contribution in [0.1, 0.15) is 80.1 Å². The van der Waals surface area contributed by atoms with E-state index in [1.807, 2.05) is 0 Å². The maximum Gasteiger partial charge on any atom is -0.0389 e. The smallest absolute Gasteiger partial charge is 0.0389 e. The van der Waals surface area contributed by atoms with E-state index in [2.05, 4.69) is 41.5 Å². The summed E-state index contributed by atoms with van der Waals surface area (Å²) in [6, 6.07) is 0. The number of rotatable bonds is 0. The lowest BCUT2D eigenvalue weighted by molar-refractivity contribution is 0.178. The third-order valence-electron chi connectivity index (χ3n) is 6.23. The Morgan fingerprint density at radius 1 is 0.444 bits per heavy atom. The molecule has 0 bridgehead atoms. The van der Waals surface area contributed by atoms with E-state index in [0.717, 1.165) is 35.5 Å². The van der Waals surface area contributed by atoms with E-state index < -0.39 is 0 Å². The molecule has 0 nitrogen and oxygen atoms in total. The number of hydrogen-bond donors (Lipinski definition) is 0. The molecule has 108 valence electrons. The first-order valence-corrected chi connectivity index (χ1v) is 8.43. The van der Waals surface area contributed by atoms with Gasteiger partial charge in [0.1, 0.15) is 0 Å². The van der Waals surface area contributed by atoms with Gasteiger partial charge < -0.3 is 0 Å². The summed E-state index contributed by atoms with van der Waals surface area (Å²) in [5.41, 5.74) is 0. The molecule has 1 aliphatic carbocycles. The van der Waals surface area contributed by atoms with Crippen molar-refractivity contribution in [2.45, 2.75) is 80.1 Å². The third-order valence-corrected chi connectivity index (χ3v) is 6.23. The van der Waals surface area contributed by atoms with Crippen LogP contribution < -0.4 is 0 Å². The summed E-state index contributed by atoms with van der Waals surface area (Å²) in [5.74, 6) is 5.47. The van der Waals surface area contributed by atoms with Crippen LogP contribution in [0.15, 0.2) is 0 Å². The van der Waals surface area contributed by atoms with Crippen LogP contribution in [0.4, 0.5) is 0 Å². The second-order valence-electron chi connectivity index (χ2n) is 7.49. The maximum atomic E-state index is 2.49. The second-order valence-corrected chi connectivity index (χ2v) is 7.49. The topological polar surface area (TPSA) is 0 Å². The van der Waals surface area contributed by atoms with Gasteiger partial charge in [0.2, 0.25) is 0 Å². The van der Waals surface area contributed by atoms with Gasteiger partial charge in [-0.25, -0.2) is 0 Å². The van der Waals surface area contributed by atoms with E-state index in [0.29, 0.717) is 0 Å². The van der Waals surface area contributed by atoms with Crippen LogP contribution in [0, 0.1) is 35.5 Å². The lowest BCUT2D eigenvalue weighted by atomic mass is 9.73. The minimum absolute atomic E-state index is 0.896. The summed E-state index contributed by atoms with van der Waals surface area (Å²) in [5, 5.41) is 0. The molecule has 18 heavy (non-hydrogen) atoms. The predicted molar refractivity (Wildman–Crippen MR) is 82.7 cm³/mol. The van der Waals surface area contributed by atoms with Crippen LogP contribution in [0.3, 0.4) is 0 Å². The van der Waals surface area contributed by atoms with Gasteiger partial charge in [-0.05, 0) is 35.5 Å². The first-order chi connectivity index (χ1) is 8.43. The SMILES string of the molecule is CC1CCCC(C)C(C)C(C)C(C)CCCC1C. The molecule has 0 heterocycles. The van der Waals surface area contributed by atoms with Gasteiger partial charge in [-0.1, -0.05) is 80.1 Å². The van der Waals surface area contributed by atoms with Crippen molar-refractivity contribution in [2.75, 3.05) is 0 Å². The van der Waals surface area contributed by atoms with Crippen molar-refractivity contribution in [3.05, 3.63) is 0 Å². The molecule has 0 aromatic rings. The molecule has 1 aliphatic rings. The monoisotopic (exact) mass is 252 g/mol. The first-order valence-electron chi connectivity index (χ1n) is 8.43. The van der Waals surface area contributed by atoms with Gasteiger partial charge in [-0.3, -0.25) is 0 Å². The van der Waals surface area contributed by atoms with Gasteiger partial charge >= 0.3 is 0 Å². The van der Waals surface area contributed by atoms with Crippen LogP contribution in [-0.2, 0) is 0 Å². The predicted octanol–water partition coefficient (Wildman–Crippen LogP) is 6.16. The fourth-order valence-electron chi connectivity index (χ4n) is 3.65. The Hall–Kier alpha value is 0. The van der Waals surface area contributed by atoms with E-state index in [-0.39, 0.29) is 0 Å². The lowest BCUT2D eigenvalue weighted by Crippen LogP contribution is -2.23. The molecule has 0 amide bonds. The first kappa shape index (κ1) is 16.1. The molecule has 1 rings (SSSR count). The van der Waals surface area contributed by atoms with Gasteiger partial charge in [0.15, 0.2) is 0 Å². The Morgan fingerprint density at radius 3 is 1.06 bits per heavy atom. The minimum atomic E-state index is 0.896. The summed E-state index contributed by atoms with van der Waals surface area (Å²) in [6.07, 6.45) is 8.66. The van der Waals surface area contributed by atoms with E-state index in [1.165, 1.54) is 38.5 Å². The minimum Gasteiger partial charge on any atom is -0.0623 e. The molecule has 0 aromatic carbocycles. The number of hydrogen-bond acceptors (Lipinski definition) is 0. The van der Waals surface area contributed by atoms with E-state index in [9.17, 15) is 0 Å². The zero-order valence-electron chi connectivity index (χ0n) is 13.7. The van der Waals surface area contributed by atoms with Crippen LogP contribution in [0.2, 0.25) is 0 Å². The molecular formula is C18H36. The average Bonchev–Trinajstić information content (AvgIpc) is 2.35. The summed E-state index contributed by atoms with van der Waals surface area (Å²) in [7, 11) is 0. The zero-order valence-corrected chi connectivity index (χ0v) is 13.7. The van der Waals surface area contributed by atoms with E-state index in [1.54, 1.807) is 0 Å². The molecule has 0 saturated heterocycles. The van der Waals surface area contributed by atoms with Gasteiger partial charge in [-0.15, -0.1) is 0 Å². The van der Waals surface area contributed by atoms with Crippen molar-refractivity contribution in [1.29, 1.82) is 0 Å². The van der Waals surface area contributed by atoms with E-state index >= 15 is 0 Å². The molecule has 0 radical (unpaired) electrons. The molecule has 1 saturated carbocycles. The average molecular weight is 252 g/mol. The van der Waals surface area contributed by atoms with Crippen molar-refractivity contribution in [1.82, 2.24) is 0 Å². The Bertz CT molecular complexity index is 196. The van der Waals surface area contributed by atoms with Crippen LogP contribution in [-0.4, -0.2) is 0 Å². The Balaban J connectivity index is 2.62. The molecule has 0 aromatic heterocycles. The van der Waals surface area contributed by atoms with Crippen molar-refractivity contribution in [3.63, 3.8) is 0 Å². The fourth-order valence-corrected chi connectivity index (χ4v) is 3.65. The van der Waals surface area contributed by atoms with Crippen LogP contribution >= 0.6 is 0 Å². The molecular weight excluding hydrogens is 216 g/mol. The van der Waals surface area contributed by atoms with E-state index in [4.69, 9.17) is 0 Å². The summed E-state index contributed by atoms with van der Waals surface area (Å²) < 4.78 is 0. The quantitative estimate of drug-likeness (QED) is 0.484. The Kier molecular flexibility index (Phi) is 6.74. The largest absolute Gasteiger partial charge is 0.0623 e. The maximum absolute atomic E-state index is 2.49. The van der Waals surface area contributed by atoms with Crippen LogP contribution in [0.5, 0.6) is 0 Å². The van der Waals surface area contributed by atoms with Gasteiger partial charge in [0, 0.05) is 0 Å². The van der Waals surface area contributed by atoms with Crippen molar-refractivity contribution < 1.29 is 0 Å². The molecule has 1 fully saturated rings. The van der Waals surface area contributed by atoms with Gasteiger partial charge in [0.25, 0.3) is 0 Å². The van der Waals surface area contributed by atoms with Crippen molar-refractivity contribution in [2.24, 2.45) is 35.5 Å². The molecule has 0 aliphatic heterocycles. The molecule has 0 heteroatoms. The summed E-state index contributed by atoms with van der Waals surface area (Å²) in [4.78, 5) is 0. The highest BCUT2D eigenvalue weighted by Crippen LogP contribution is 2.34. The fraction of sp³-hybridized carbons (Fsp3) is 1.00. The zero-order chi connectivity index (χ0) is 13.7. The lowest BCUT2D eigenvalue weighted by Gasteiger charge is -2.32. The normalized spacial score (nSPS) is 45.0. The van der Waals surface area contributed by atoms with Gasteiger partial charge in [-0.2, -0.15) is 0 Å².